The van der Waals surface area contributed by atoms with E-state index in [2.05, 4.69) is 54.5 Å². The number of aryl methyl sites for hydroxylation is 1. The SMILES string of the molecule is C=C/C(C)=C(\C)c1cnc2cc(NC(=C)c3ccnn3C)ccc2c1. The van der Waals surface area contributed by atoms with Gasteiger partial charge in [0.1, 0.15) is 0 Å². The van der Waals surface area contributed by atoms with Crippen molar-refractivity contribution in [2.75, 3.05) is 5.32 Å². The number of rotatable bonds is 5. The molecule has 3 rings (SSSR count). The fourth-order valence-electron chi connectivity index (χ4n) is 2.69. The van der Waals surface area contributed by atoms with E-state index in [1.807, 2.05) is 37.5 Å². The van der Waals surface area contributed by atoms with Crippen molar-refractivity contribution in [1.82, 2.24) is 14.8 Å². The summed E-state index contributed by atoms with van der Waals surface area (Å²) in [5.74, 6) is 0. The van der Waals surface area contributed by atoms with E-state index in [1.165, 1.54) is 5.57 Å². The summed E-state index contributed by atoms with van der Waals surface area (Å²) in [6, 6.07) is 10.2. The highest BCUT2D eigenvalue weighted by atomic mass is 15.3. The standard InChI is InChI=1S/C21H22N4/c1-6-14(2)15(3)18-11-17-7-8-19(12-20(17)22-13-18)24-16(4)21-9-10-23-25(21)5/h6-13,24H,1,4H2,2-3,5H3/b15-14+. The van der Waals surface area contributed by atoms with Gasteiger partial charge in [-0.25, -0.2) is 0 Å². The van der Waals surface area contributed by atoms with Gasteiger partial charge in [-0.3, -0.25) is 9.67 Å². The lowest BCUT2D eigenvalue weighted by molar-refractivity contribution is 0.756. The van der Waals surface area contributed by atoms with Gasteiger partial charge < -0.3 is 5.32 Å². The molecule has 2 aromatic heterocycles. The lowest BCUT2D eigenvalue weighted by atomic mass is 10.0. The molecule has 0 radical (unpaired) electrons. The van der Waals surface area contributed by atoms with Crippen LogP contribution in [0.5, 0.6) is 0 Å². The predicted octanol–water partition coefficient (Wildman–Crippen LogP) is 5.03. The van der Waals surface area contributed by atoms with Gasteiger partial charge in [0.2, 0.25) is 0 Å². The maximum atomic E-state index is 4.61. The molecule has 0 unspecified atom stereocenters. The number of fused-ring (bicyclic) bond motifs is 1. The van der Waals surface area contributed by atoms with Crippen LogP contribution in [-0.4, -0.2) is 14.8 Å². The van der Waals surface area contributed by atoms with E-state index in [4.69, 9.17) is 0 Å². The second-order valence-electron chi connectivity index (χ2n) is 6.09. The quantitative estimate of drug-likeness (QED) is 0.667. The third-order valence-corrected chi connectivity index (χ3v) is 4.44. The van der Waals surface area contributed by atoms with Crippen LogP contribution >= 0.6 is 0 Å². The van der Waals surface area contributed by atoms with E-state index in [1.54, 1.807) is 10.9 Å². The van der Waals surface area contributed by atoms with Gasteiger partial charge in [0.25, 0.3) is 0 Å². The summed E-state index contributed by atoms with van der Waals surface area (Å²) < 4.78 is 1.79. The fraction of sp³-hybridized carbons (Fsp3) is 0.143. The van der Waals surface area contributed by atoms with Crippen molar-refractivity contribution in [3.05, 3.63) is 78.8 Å². The molecule has 0 atom stereocenters. The highest BCUT2D eigenvalue weighted by molar-refractivity contribution is 5.87. The Morgan fingerprint density at radius 3 is 2.68 bits per heavy atom. The molecule has 0 bridgehead atoms. The van der Waals surface area contributed by atoms with Crippen LogP contribution in [0.4, 0.5) is 5.69 Å². The molecule has 1 N–H and O–H groups in total. The lowest BCUT2D eigenvalue weighted by Gasteiger charge is -2.11. The van der Waals surface area contributed by atoms with Crippen LogP contribution in [0.25, 0.3) is 22.2 Å². The molecule has 0 aliphatic carbocycles. The molecule has 4 heteroatoms. The summed E-state index contributed by atoms with van der Waals surface area (Å²) in [5.41, 5.74) is 7.11. The molecule has 0 aliphatic rings. The number of anilines is 1. The van der Waals surface area contributed by atoms with Crippen molar-refractivity contribution >= 4 is 27.9 Å². The Balaban J connectivity index is 1.90. The maximum Gasteiger partial charge on any atom is 0.0835 e. The fourth-order valence-corrected chi connectivity index (χ4v) is 2.69. The van der Waals surface area contributed by atoms with Crippen LogP contribution in [0.1, 0.15) is 25.1 Å². The first-order chi connectivity index (χ1) is 12.0. The summed E-state index contributed by atoms with van der Waals surface area (Å²) in [7, 11) is 1.90. The Kier molecular flexibility index (Phi) is 4.52. The third-order valence-electron chi connectivity index (χ3n) is 4.44. The van der Waals surface area contributed by atoms with Crippen molar-refractivity contribution in [1.29, 1.82) is 0 Å². The molecule has 0 amide bonds. The van der Waals surface area contributed by atoms with Crippen molar-refractivity contribution in [3.8, 4) is 0 Å². The first-order valence-corrected chi connectivity index (χ1v) is 8.14. The molecule has 1 aromatic carbocycles. The van der Waals surface area contributed by atoms with Gasteiger partial charge in [-0.15, -0.1) is 0 Å². The molecule has 4 nitrogen and oxygen atoms in total. The van der Waals surface area contributed by atoms with Gasteiger partial charge in [-0.2, -0.15) is 5.10 Å². The van der Waals surface area contributed by atoms with Gasteiger partial charge >= 0.3 is 0 Å². The topological polar surface area (TPSA) is 42.7 Å². The Morgan fingerprint density at radius 2 is 2.00 bits per heavy atom. The predicted molar refractivity (Wildman–Crippen MR) is 106 cm³/mol. The molecule has 3 aromatic rings. The summed E-state index contributed by atoms with van der Waals surface area (Å²) in [6.07, 6.45) is 5.54. The zero-order valence-electron chi connectivity index (χ0n) is 14.9. The van der Waals surface area contributed by atoms with Crippen LogP contribution in [0.3, 0.4) is 0 Å². The van der Waals surface area contributed by atoms with Gasteiger partial charge in [-0.1, -0.05) is 25.3 Å². The molecular formula is C21H22N4. The summed E-state index contributed by atoms with van der Waals surface area (Å²) in [5, 5.41) is 8.60. The Hall–Kier alpha value is -3.14. The van der Waals surface area contributed by atoms with Crippen molar-refractivity contribution in [2.45, 2.75) is 13.8 Å². The largest absolute Gasteiger partial charge is 0.354 e. The van der Waals surface area contributed by atoms with Crippen molar-refractivity contribution in [3.63, 3.8) is 0 Å². The minimum Gasteiger partial charge on any atom is -0.354 e. The van der Waals surface area contributed by atoms with E-state index in [-0.39, 0.29) is 0 Å². The summed E-state index contributed by atoms with van der Waals surface area (Å²) >= 11 is 0. The maximum absolute atomic E-state index is 4.61. The number of nitrogens with one attached hydrogen (secondary N) is 1. The lowest BCUT2D eigenvalue weighted by Crippen LogP contribution is -2.03. The average Bonchev–Trinajstić information content (AvgIpc) is 3.06. The van der Waals surface area contributed by atoms with E-state index in [0.717, 1.165) is 39.1 Å². The number of hydrogen-bond donors (Lipinski definition) is 1. The second-order valence-corrected chi connectivity index (χ2v) is 6.09. The first kappa shape index (κ1) is 16.7. The molecule has 0 aliphatic heterocycles. The summed E-state index contributed by atoms with van der Waals surface area (Å²) in [6.45, 7) is 12.1. The second kappa shape index (κ2) is 6.77. The number of hydrogen-bond acceptors (Lipinski definition) is 3. The van der Waals surface area contributed by atoms with Crippen molar-refractivity contribution in [2.24, 2.45) is 7.05 Å². The van der Waals surface area contributed by atoms with E-state index in [9.17, 15) is 0 Å². The zero-order chi connectivity index (χ0) is 18.0. The molecule has 126 valence electrons. The summed E-state index contributed by atoms with van der Waals surface area (Å²) in [4.78, 5) is 4.61. The van der Waals surface area contributed by atoms with Crippen LogP contribution < -0.4 is 5.32 Å². The Morgan fingerprint density at radius 1 is 1.20 bits per heavy atom. The minimum atomic E-state index is 0.802. The van der Waals surface area contributed by atoms with Crippen molar-refractivity contribution < 1.29 is 0 Å². The highest BCUT2D eigenvalue weighted by Gasteiger charge is 2.06. The number of benzene rings is 1. The molecule has 0 fully saturated rings. The molecule has 25 heavy (non-hydrogen) atoms. The van der Waals surface area contributed by atoms with E-state index >= 15 is 0 Å². The van der Waals surface area contributed by atoms with Gasteiger partial charge in [-0.05, 0) is 54.8 Å². The van der Waals surface area contributed by atoms with Crippen LogP contribution in [0.15, 0.2) is 67.5 Å². The van der Waals surface area contributed by atoms with Gasteiger partial charge in [0.05, 0.1) is 16.9 Å². The first-order valence-electron chi connectivity index (χ1n) is 8.14. The van der Waals surface area contributed by atoms with Crippen LogP contribution in [-0.2, 0) is 7.05 Å². The van der Waals surface area contributed by atoms with Crippen LogP contribution in [0.2, 0.25) is 0 Å². The molecular weight excluding hydrogens is 308 g/mol. The smallest absolute Gasteiger partial charge is 0.0835 e. The average molecular weight is 330 g/mol. The number of allylic oxidation sites excluding steroid dienone is 3. The monoisotopic (exact) mass is 330 g/mol. The number of nitrogens with zero attached hydrogens (tertiary/aromatic N) is 3. The number of aromatic nitrogens is 3. The third kappa shape index (κ3) is 3.38. The Bertz CT molecular complexity index is 992. The Labute approximate surface area is 148 Å². The van der Waals surface area contributed by atoms with E-state index < -0.39 is 0 Å². The minimum absolute atomic E-state index is 0.802. The normalized spacial score (nSPS) is 12.0. The molecule has 0 saturated heterocycles. The zero-order valence-corrected chi connectivity index (χ0v) is 14.9. The number of pyridine rings is 1. The highest BCUT2D eigenvalue weighted by Crippen LogP contribution is 2.25. The molecule has 0 spiro atoms. The molecule has 0 saturated carbocycles. The van der Waals surface area contributed by atoms with Gasteiger partial charge in [0.15, 0.2) is 0 Å². The molecule has 2 heterocycles. The van der Waals surface area contributed by atoms with Crippen LogP contribution in [0, 0.1) is 0 Å². The van der Waals surface area contributed by atoms with E-state index in [0.29, 0.717) is 0 Å². The van der Waals surface area contributed by atoms with Gasteiger partial charge in [0, 0.05) is 30.5 Å².